The second-order valence-electron chi connectivity index (χ2n) is 6.04. The quantitative estimate of drug-likeness (QED) is 0.835. The third-order valence-corrected chi connectivity index (χ3v) is 4.17. The number of aliphatic hydroxyl groups is 1. The van der Waals surface area contributed by atoms with Gasteiger partial charge in [0.05, 0.1) is 6.61 Å². The summed E-state index contributed by atoms with van der Waals surface area (Å²) < 4.78 is 0.389. The fraction of sp³-hybridized carbons (Fsp3) is 0.400. The first-order valence-electron chi connectivity index (χ1n) is 6.76. The Kier molecular flexibility index (Phi) is 4.63. The van der Waals surface area contributed by atoms with Crippen molar-refractivity contribution < 1.29 is 9.70 Å². The van der Waals surface area contributed by atoms with Crippen molar-refractivity contribution in [3.05, 3.63) is 39.6 Å². The van der Waals surface area contributed by atoms with Crippen LogP contribution in [0.25, 0.3) is 6.08 Å². The van der Waals surface area contributed by atoms with Gasteiger partial charge in [-0.2, -0.15) is 9.58 Å². The molecule has 0 saturated heterocycles. The van der Waals surface area contributed by atoms with E-state index in [0.29, 0.717) is 27.0 Å². The van der Waals surface area contributed by atoms with E-state index in [1.54, 1.807) is 12.1 Å². The summed E-state index contributed by atoms with van der Waals surface area (Å²) in [4.78, 5) is 4.43. The number of aliphatic imine (C=N–C) groups is 1. The SMILES string of the molecule is CC(C)(C)[N+]1(CCO)C=NC(=Cc2ccc(Cl)cc2Cl)N1. The number of benzene rings is 1. The molecule has 1 atom stereocenters. The van der Waals surface area contributed by atoms with Crippen molar-refractivity contribution in [1.29, 1.82) is 0 Å². The fourth-order valence-corrected chi connectivity index (χ4v) is 2.67. The zero-order chi connectivity index (χ0) is 15.7. The van der Waals surface area contributed by atoms with Crippen LogP contribution in [0.1, 0.15) is 26.3 Å². The lowest BCUT2D eigenvalue weighted by Gasteiger charge is -2.40. The number of nitrogens with zero attached hydrogens (tertiary/aromatic N) is 2. The van der Waals surface area contributed by atoms with Crippen molar-refractivity contribution in [3.63, 3.8) is 0 Å². The van der Waals surface area contributed by atoms with E-state index < -0.39 is 0 Å². The van der Waals surface area contributed by atoms with Crippen LogP contribution in [0.4, 0.5) is 0 Å². The molecule has 0 bridgehead atoms. The van der Waals surface area contributed by atoms with Crippen molar-refractivity contribution in [3.8, 4) is 0 Å². The highest BCUT2D eigenvalue weighted by atomic mass is 35.5. The zero-order valence-corrected chi connectivity index (χ0v) is 13.9. The van der Waals surface area contributed by atoms with Gasteiger partial charge in [-0.1, -0.05) is 29.3 Å². The maximum absolute atomic E-state index is 9.33. The molecule has 1 aromatic rings. The van der Waals surface area contributed by atoms with E-state index in [4.69, 9.17) is 23.2 Å². The Morgan fingerprint density at radius 2 is 2.05 bits per heavy atom. The first kappa shape index (κ1) is 16.3. The first-order valence-corrected chi connectivity index (χ1v) is 7.52. The molecule has 1 aliphatic rings. The van der Waals surface area contributed by atoms with Crippen LogP contribution in [0.15, 0.2) is 29.0 Å². The van der Waals surface area contributed by atoms with Crippen molar-refractivity contribution in [2.75, 3.05) is 13.2 Å². The Labute approximate surface area is 135 Å². The van der Waals surface area contributed by atoms with E-state index in [1.807, 2.05) is 18.5 Å². The molecule has 1 aliphatic heterocycles. The highest BCUT2D eigenvalue weighted by molar-refractivity contribution is 6.35. The van der Waals surface area contributed by atoms with E-state index >= 15 is 0 Å². The molecule has 0 fully saturated rings. The van der Waals surface area contributed by atoms with Crippen molar-refractivity contribution >= 4 is 35.6 Å². The van der Waals surface area contributed by atoms with E-state index in [2.05, 4.69) is 31.2 Å². The topological polar surface area (TPSA) is 44.6 Å². The van der Waals surface area contributed by atoms with Crippen molar-refractivity contribution in [2.45, 2.75) is 26.3 Å². The van der Waals surface area contributed by atoms with E-state index in [0.717, 1.165) is 5.56 Å². The lowest BCUT2D eigenvalue weighted by atomic mass is 10.1. The Morgan fingerprint density at radius 3 is 2.62 bits per heavy atom. The number of aliphatic hydroxyl groups excluding tert-OH is 1. The first-order chi connectivity index (χ1) is 9.77. The number of hydrogen-bond donors (Lipinski definition) is 2. The van der Waals surface area contributed by atoms with Crippen LogP contribution in [0.3, 0.4) is 0 Å². The average molecular weight is 329 g/mol. The molecule has 2 rings (SSSR count). The smallest absolute Gasteiger partial charge is 0.217 e. The summed E-state index contributed by atoms with van der Waals surface area (Å²) >= 11 is 12.1. The molecule has 0 amide bonds. The highest BCUT2D eigenvalue weighted by Gasteiger charge is 2.43. The van der Waals surface area contributed by atoms with Gasteiger partial charge < -0.3 is 5.11 Å². The van der Waals surface area contributed by atoms with Crippen LogP contribution in [-0.2, 0) is 0 Å². The monoisotopic (exact) mass is 328 g/mol. The molecular weight excluding hydrogens is 309 g/mol. The number of rotatable bonds is 3. The van der Waals surface area contributed by atoms with Gasteiger partial charge in [0.25, 0.3) is 0 Å². The van der Waals surface area contributed by atoms with E-state index in [1.165, 1.54) is 0 Å². The summed E-state index contributed by atoms with van der Waals surface area (Å²) in [5, 5.41) is 10.5. The number of halogens is 2. The maximum atomic E-state index is 9.33. The third kappa shape index (κ3) is 3.40. The van der Waals surface area contributed by atoms with Crippen molar-refractivity contribution in [1.82, 2.24) is 5.43 Å². The van der Waals surface area contributed by atoms with Gasteiger partial charge in [0.1, 0.15) is 12.1 Å². The lowest BCUT2D eigenvalue weighted by Crippen LogP contribution is -2.65. The summed E-state index contributed by atoms with van der Waals surface area (Å²) in [5.74, 6) is 0.711. The van der Waals surface area contributed by atoms with Gasteiger partial charge in [-0.3, -0.25) is 0 Å². The van der Waals surface area contributed by atoms with Crippen LogP contribution in [0.2, 0.25) is 10.0 Å². The third-order valence-electron chi connectivity index (χ3n) is 3.61. The standard InChI is InChI=1S/C15H20Cl2N3O/c1-15(2,3)20(6-7-21)10-18-14(19-20)8-11-4-5-12(16)9-13(11)17/h4-5,8-10,19,21H,6-7H2,1-3H3/q+1. The highest BCUT2D eigenvalue weighted by Crippen LogP contribution is 2.27. The molecule has 2 N–H and O–H groups in total. The Bertz CT molecular complexity index is 593. The maximum Gasteiger partial charge on any atom is 0.217 e. The Morgan fingerprint density at radius 1 is 1.33 bits per heavy atom. The second kappa shape index (κ2) is 5.97. The molecule has 6 heteroatoms. The molecule has 0 radical (unpaired) electrons. The van der Waals surface area contributed by atoms with E-state index in [-0.39, 0.29) is 12.1 Å². The molecule has 1 aromatic carbocycles. The number of nitrogens with one attached hydrogen (secondary N) is 1. The molecule has 0 aliphatic carbocycles. The van der Waals surface area contributed by atoms with Crippen LogP contribution in [0.5, 0.6) is 0 Å². The second-order valence-corrected chi connectivity index (χ2v) is 6.88. The van der Waals surface area contributed by atoms with E-state index in [9.17, 15) is 5.11 Å². The summed E-state index contributed by atoms with van der Waals surface area (Å²) in [7, 11) is 0. The zero-order valence-electron chi connectivity index (χ0n) is 12.4. The summed E-state index contributed by atoms with van der Waals surface area (Å²) in [6.07, 6.45) is 3.70. The summed E-state index contributed by atoms with van der Waals surface area (Å²) in [6.45, 7) is 6.91. The van der Waals surface area contributed by atoms with Gasteiger partial charge in [0.2, 0.25) is 6.34 Å². The lowest BCUT2D eigenvalue weighted by molar-refractivity contribution is -0.917. The van der Waals surface area contributed by atoms with Gasteiger partial charge >= 0.3 is 0 Å². The number of quaternary nitrogens is 1. The molecule has 4 nitrogen and oxygen atoms in total. The minimum absolute atomic E-state index is 0.0747. The van der Waals surface area contributed by atoms with Gasteiger partial charge in [-0.25, -0.2) is 5.43 Å². The number of hydrogen-bond acceptors (Lipinski definition) is 3. The minimum Gasteiger partial charge on any atom is -0.390 e. The average Bonchev–Trinajstić information content (AvgIpc) is 2.77. The normalized spacial score (nSPS) is 23.6. The predicted molar refractivity (Wildman–Crippen MR) is 88.0 cm³/mol. The molecule has 114 valence electrons. The molecular formula is C15H20Cl2N3O+. The van der Waals surface area contributed by atoms with Crippen LogP contribution >= 0.6 is 23.2 Å². The molecule has 0 aromatic heterocycles. The molecule has 1 heterocycles. The largest absolute Gasteiger partial charge is 0.390 e. The van der Waals surface area contributed by atoms with Crippen LogP contribution in [0, 0.1) is 0 Å². The summed E-state index contributed by atoms with van der Waals surface area (Å²) in [5.41, 5.74) is 4.07. The molecule has 21 heavy (non-hydrogen) atoms. The predicted octanol–water partition coefficient (Wildman–Crippen LogP) is 3.45. The van der Waals surface area contributed by atoms with Crippen molar-refractivity contribution in [2.24, 2.45) is 4.99 Å². The minimum atomic E-state index is -0.133. The van der Waals surface area contributed by atoms with Gasteiger partial charge in [0.15, 0.2) is 5.82 Å². The van der Waals surface area contributed by atoms with Gasteiger partial charge in [-0.05, 0) is 44.5 Å². The molecule has 0 saturated carbocycles. The fourth-order valence-electron chi connectivity index (χ4n) is 2.21. The Hall–Kier alpha value is -1.07. The van der Waals surface area contributed by atoms with Crippen LogP contribution < -0.4 is 5.43 Å². The Balaban J connectivity index is 2.29. The van der Waals surface area contributed by atoms with Gasteiger partial charge in [0, 0.05) is 10.0 Å². The molecule has 1 unspecified atom stereocenters. The van der Waals surface area contributed by atoms with Crippen LogP contribution in [-0.4, -0.2) is 34.7 Å². The molecule has 0 spiro atoms. The van der Waals surface area contributed by atoms with Gasteiger partial charge in [-0.15, -0.1) is 0 Å². The summed E-state index contributed by atoms with van der Waals surface area (Å²) in [6, 6.07) is 5.34.